The number of unbranched alkanes of at least 4 members (excludes halogenated alkanes) is 1. The second-order valence-electron chi connectivity index (χ2n) is 4.63. The second kappa shape index (κ2) is 7.34. The Hall–Kier alpha value is -1.28. The van der Waals surface area contributed by atoms with Crippen molar-refractivity contribution in [1.82, 2.24) is 0 Å². The van der Waals surface area contributed by atoms with E-state index in [0.717, 1.165) is 16.6 Å². The van der Waals surface area contributed by atoms with E-state index in [1.165, 1.54) is 24.0 Å². The number of benzene rings is 2. The van der Waals surface area contributed by atoms with Crippen molar-refractivity contribution in [1.29, 1.82) is 0 Å². The maximum atomic E-state index is 5.95. The van der Waals surface area contributed by atoms with Gasteiger partial charge in [0, 0.05) is 4.47 Å². The van der Waals surface area contributed by atoms with Crippen molar-refractivity contribution in [3.63, 3.8) is 0 Å². The topological polar surface area (TPSA) is 9.23 Å². The summed E-state index contributed by atoms with van der Waals surface area (Å²) in [5.74, 6) is 1.00. The molecule has 0 N–H and O–H groups in total. The van der Waals surface area contributed by atoms with Gasteiger partial charge in [-0.2, -0.15) is 0 Å². The normalized spacial score (nSPS) is 10.4. The van der Waals surface area contributed by atoms with Gasteiger partial charge in [-0.15, -0.1) is 0 Å². The molecule has 0 aliphatic carbocycles. The van der Waals surface area contributed by atoms with E-state index in [9.17, 15) is 0 Å². The molecular formula is C17H19BrO. The van der Waals surface area contributed by atoms with Crippen molar-refractivity contribution in [3.05, 3.63) is 64.1 Å². The van der Waals surface area contributed by atoms with E-state index in [-0.39, 0.29) is 0 Å². The van der Waals surface area contributed by atoms with Gasteiger partial charge in [-0.3, -0.25) is 0 Å². The van der Waals surface area contributed by atoms with Gasteiger partial charge in [0.1, 0.15) is 12.4 Å². The molecule has 0 aliphatic heterocycles. The Labute approximate surface area is 123 Å². The van der Waals surface area contributed by atoms with E-state index in [0.29, 0.717) is 6.61 Å². The molecule has 2 aromatic carbocycles. The third-order valence-electron chi connectivity index (χ3n) is 3.06. The van der Waals surface area contributed by atoms with E-state index in [2.05, 4.69) is 47.1 Å². The molecule has 2 heteroatoms. The third-order valence-corrected chi connectivity index (χ3v) is 3.55. The zero-order valence-corrected chi connectivity index (χ0v) is 12.8. The Bertz CT molecular complexity index is 508. The van der Waals surface area contributed by atoms with Crippen molar-refractivity contribution >= 4 is 15.9 Å². The van der Waals surface area contributed by atoms with Crippen LogP contribution in [0.3, 0.4) is 0 Å². The highest BCUT2D eigenvalue weighted by Crippen LogP contribution is 2.25. The number of hydrogen-bond acceptors (Lipinski definition) is 1. The van der Waals surface area contributed by atoms with Gasteiger partial charge in [-0.05, 0) is 42.2 Å². The van der Waals surface area contributed by atoms with Crippen molar-refractivity contribution in [3.8, 4) is 5.75 Å². The summed E-state index contributed by atoms with van der Waals surface area (Å²) in [4.78, 5) is 0. The fourth-order valence-corrected chi connectivity index (χ4v) is 2.40. The molecule has 0 amide bonds. The summed E-state index contributed by atoms with van der Waals surface area (Å²) < 4.78 is 7.07. The highest BCUT2D eigenvalue weighted by atomic mass is 79.9. The van der Waals surface area contributed by atoms with Crippen LogP contribution in [0.1, 0.15) is 30.9 Å². The Morgan fingerprint density at radius 3 is 2.58 bits per heavy atom. The molecule has 0 aromatic heterocycles. The van der Waals surface area contributed by atoms with Crippen LogP contribution in [0.15, 0.2) is 53.0 Å². The van der Waals surface area contributed by atoms with Crippen LogP contribution >= 0.6 is 15.9 Å². The Balaban J connectivity index is 2.06. The third kappa shape index (κ3) is 4.39. The van der Waals surface area contributed by atoms with Crippen LogP contribution < -0.4 is 4.74 Å². The van der Waals surface area contributed by atoms with E-state index in [1.807, 2.05) is 24.3 Å². The van der Waals surface area contributed by atoms with E-state index < -0.39 is 0 Å². The van der Waals surface area contributed by atoms with Crippen LogP contribution in [-0.2, 0) is 13.0 Å². The molecule has 0 fully saturated rings. The summed E-state index contributed by atoms with van der Waals surface area (Å²) in [6.07, 6.45) is 3.46. The summed E-state index contributed by atoms with van der Waals surface area (Å²) in [6.45, 7) is 2.84. The molecule has 2 rings (SSSR count). The van der Waals surface area contributed by atoms with Crippen molar-refractivity contribution in [2.24, 2.45) is 0 Å². The Morgan fingerprint density at radius 1 is 1.05 bits per heavy atom. The molecule has 2 aromatic rings. The Morgan fingerprint density at radius 2 is 1.84 bits per heavy atom. The zero-order valence-electron chi connectivity index (χ0n) is 11.2. The molecule has 0 spiro atoms. The zero-order chi connectivity index (χ0) is 13.5. The van der Waals surface area contributed by atoms with E-state index in [4.69, 9.17) is 4.74 Å². The quantitative estimate of drug-likeness (QED) is 0.695. The standard InChI is InChI=1S/C17H19BrO/c1-2-3-9-15-12-16(18)10-11-17(15)19-13-14-7-5-4-6-8-14/h4-8,10-12H,2-3,9,13H2,1H3. The molecule has 100 valence electrons. The molecular weight excluding hydrogens is 300 g/mol. The molecule has 0 atom stereocenters. The monoisotopic (exact) mass is 318 g/mol. The summed E-state index contributed by atoms with van der Waals surface area (Å²) in [5, 5.41) is 0. The van der Waals surface area contributed by atoms with Crippen molar-refractivity contribution in [2.45, 2.75) is 32.8 Å². The van der Waals surface area contributed by atoms with Gasteiger partial charge in [0.2, 0.25) is 0 Å². The van der Waals surface area contributed by atoms with Crippen LogP contribution in [0.25, 0.3) is 0 Å². The van der Waals surface area contributed by atoms with Gasteiger partial charge in [0.25, 0.3) is 0 Å². The molecule has 0 unspecified atom stereocenters. The molecule has 19 heavy (non-hydrogen) atoms. The van der Waals surface area contributed by atoms with Gasteiger partial charge < -0.3 is 4.74 Å². The van der Waals surface area contributed by atoms with Crippen LogP contribution in [0.4, 0.5) is 0 Å². The molecule has 0 aliphatic rings. The average Bonchev–Trinajstić information content (AvgIpc) is 2.45. The lowest BCUT2D eigenvalue weighted by atomic mass is 10.1. The first-order valence-electron chi connectivity index (χ1n) is 6.74. The summed E-state index contributed by atoms with van der Waals surface area (Å²) in [6, 6.07) is 16.5. The maximum absolute atomic E-state index is 5.95. The van der Waals surface area contributed by atoms with Crippen molar-refractivity contribution in [2.75, 3.05) is 0 Å². The lowest BCUT2D eigenvalue weighted by Crippen LogP contribution is -1.98. The highest BCUT2D eigenvalue weighted by Gasteiger charge is 2.05. The first kappa shape index (κ1) is 14.1. The van der Waals surface area contributed by atoms with Crippen LogP contribution in [0.5, 0.6) is 5.75 Å². The van der Waals surface area contributed by atoms with Gasteiger partial charge in [0.05, 0.1) is 0 Å². The Kier molecular flexibility index (Phi) is 5.46. The smallest absolute Gasteiger partial charge is 0.123 e. The molecule has 0 radical (unpaired) electrons. The molecule has 0 saturated carbocycles. The van der Waals surface area contributed by atoms with E-state index >= 15 is 0 Å². The van der Waals surface area contributed by atoms with Crippen LogP contribution in [-0.4, -0.2) is 0 Å². The SMILES string of the molecule is CCCCc1cc(Br)ccc1OCc1ccccc1. The maximum Gasteiger partial charge on any atom is 0.123 e. The number of rotatable bonds is 6. The molecule has 1 nitrogen and oxygen atoms in total. The first-order chi connectivity index (χ1) is 9.29. The van der Waals surface area contributed by atoms with Gasteiger partial charge in [0.15, 0.2) is 0 Å². The number of hydrogen-bond donors (Lipinski definition) is 0. The molecule has 0 saturated heterocycles. The number of halogens is 1. The van der Waals surface area contributed by atoms with Crippen LogP contribution in [0.2, 0.25) is 0 Å². The fraction of sp³-hybridized carbons (Fsp3) is 0.294. The van der Waals surface area contributed by atoms with Gasteiger partial charge in [-0.1, -0.05) is 59.6 Å². The largest absolute Gasteiger partial charge is 0.489 e. The number of ether oxygens (including phenoxy) is 1. The fourth-order valence-electron chi connectivity index (χ4n) is 1.99. The minimum absolute atomic E-state index is 0.627. The number of aryl methyl sites for hydroxylation is 1. The predicted octanol–water partition coefficient (Wildman–Crippen LogP) is 5.37. The highest BCUT2D eigenvalue weighted by molar-refractivity contribution is 9.10. The second-order valence-corrected chi connectivity index (χ2v) is 5.55. The molecule has 0 bridgehead atoms. The predicted molar refractivity (Wildman–Crippen MR) is 83.5 cm³/mol. The van der Waals surface area contributed by atoms with Gasteiger partial charge >= 0.3 is 0 Å². The van der Waals surface area contributed by atoms with Gasteiger partial charge in [-0.25, -0.2) is 0 Å². The van der Waals surface area contributed by atoms with E-state index in [1.54, 1.807) is 0 Å². The minimum atomic E-state index is 0.627. The molecule has 0 heterocycles. The van der Waals surface area contributed by atoms with Crippen molar-refractivity contribution < 1.29 is 4.74 Å². The first-order valence-corrected chi connectivity index (χ1v) is 7.54. The summed E-state index contributed by atoms with van der Waals surface area (Å²) in [7, 11) is 0. The summed E-state index contributed by atoms with van der Waals surface area (Å²) >= 11 is 3.53. The minimum Gasteiger partial charge on any atom is -0.489 e. The lowest BCUT2D eigenvalue weighted by Gasteiger charge is -2.12. The lowest BCUT2D eigenvalue weighted by molar-refractivity contribution is 0.302. The van der Waals surface area contributed by atoms with Crippen LogP contribution in [0, 0.1) is 0 Å². The summed E-state index contributed by atoms with van der Waals surface area (Å²) in [5.41, 5.74) is 2.49. The average molecular weight is 319 g/mol.